The van der Waals surface area contributed by atoms with E-state index in [0.717, 1.165) is 11.3 Å². The summed E-state index contributed by atoms with van der Waals surface area (Å²) in [4.78, 5) is 16.6. The number of hydrogen-bond acceptors (Lipinski definition) is 4. The quantitative estimate of drug-likeness (QED) is 0.327. The number of phenolic OH excluding ortho intramolecular Hbond substituents is 1. The van der Waals surface area contributed by atoms with Gasteiger partial charge in [0.05, 0.1) is 5.56 Å². The van der Waals surface area contributed by atoms with Gasteiger partial charge >= 0.3 is 0 Å². The third-order valence-electron chi connectivity index (χ3n) is 5.38. The van der Waals surface area contributed by atoms with E-state index >= 15 is 0 Å². The summed E-state index contributed by atoms with van der Waals surface area (Å²) in [5.74, 6) is -0.841. The zero-order valence-corrected chi connectivity index (χ0v) is 18.7. The van der Waals surface area contributed by atoms with Crippen molar-refractivity contribution in [1.82, 2.24) is 20.1 Å². The van der Waals surface area contributed by atoms with Gasteiger partial charge in [-0.2, -0.15) is 5.10 Å². The van der Waals surface area contributed by atoms with E-state index in [0.29, 0.717) is 36.2 Å². The molecule has 0 atom stereocenters. The molecule has 4 aromatic rings. The minimum absolute atomic E-state index is 0.0799. The van der Waals surface area contributed by atoms with Crippen molar-refractivity contribution in [3.05, 3.63) is 90.1 Å². The number of pyridine rings is 1. The van der Waals surface area contributed by atoms with Crippen molar-refractivity contribution < 1.29 is 23.1 Å². The highest BCUT2D eigenvalue weighted by Crippen LogP contribution is 2.31. The van der Waals surface area contributed by atoms with Gasteiger partial charge in [-0.15, -0.1) is 0 Å². The van der Waals surface area contributed by atoms with Crippen LogP contribution in [0.3, 0.4) is 0 Å². The van der Waals surface area contributed by atoms with Crippen LogP contribution in [-0.2, 0) is 13.0 Å². The van der Waals surface area contributed by atoms with Crippen LogP contribution in [0.5, 0.6) is 5.75 Å². The Morgan fingerprint density at radius 2 is 1.83 bits per heavy atom. The Hall–Kier alpha value is -4.14. The number of nitrogens with one attached hydrogen (secondary N) is 1. The molecule has 35 heavy (non-hydrogen) atoms. The van der Waals surface area contributed by atoms with E-state index < -0.39 is 18.8 Å². The summed E-state index contributed by atoms with van der Waals surface area (Å²) in [5, 5.41) is 16.9. The van der Waals surface area contributed by atoms with Crippen LogP contribution >= 0.6 is 0 Å². The SMILES string of the molecule is O=C(NCCCc1cc(-c2cn(CC(F)F)nc2-c2ccc(F)cc2)ccn1)c1ccccc1O. The van der Waals surface area contributed by atoms with Crippen LogP contribution in [-0.4, -0.2) is 38.7 Å². The predicted molar refractivity (Wildman–Crippen MR) is 126 cm³/mol. The van der Waals surface area contributed by atoms with E-state index in [9.17, 15) is 23.1 Å². The maximum Gasteiger partial charge on any atom is 0.257 e. The fraction of sp³-hybridized carbons (Fsp3) is 0.192. The Morgan fingerprint density at radius 1 is 1.06 bits per heavy atom. The molecule has 2 aromatic heterocycles. The van der Waals surface area contributed by atoms with Gasteiger partial charge in [0.15, 0.2) is 0 Å². The second kappa shape index (κ2) is 10.9. The summed E-state index contributed by atoms with van der Waals surface area (Å²) < 4.78 is 40.5. The summed E-state index contributed by atoms with van der Waals surface area (Å²) in [6.07, 6.45) is 1.78. The summed E-state index contributed by atoms with van der Waals surface area (Å²) in [6, 6.07) is 15.6. The number of alkyl halides is 2. The molecule has 9 heteroatoms. The van der Waals surface area contributed by atoms with Crippen LogP contribution < -0.4 is 5.32 Å². The number of para-hydroxylation sites is 1. The minimum atomic E-state index is -2.56. The molecule has 0 aliphatic rings. The van der Waals surface area contributed by atoms with E-state index in [1.807, 2.05) is 6.07 Å². The fourth-order valence-electron chi connectivity index (χ4n) is 3.70. The van der Waals surface area contributed by atoms with E-state index in [1.165, 1.54) is 22.9 Å². The highest BCUT2D eigenvalue weighted by Gasteiger charge is 2.16. The second-order valence-corrected chi connectivity index (χ2v) is 7.92. The number of halogens is 3. The summed E-state index contributed by atoms with van der Waals surface area (Å²) in [7, 11) is 0. The monoisotopic (exact) mass is 480 g/mol. The molecule has 0 saturated carbocycles. The second-order valence-electron chi connectivity index (χ2n) is 7.92. The molecule has 2 N–H and O–H groups in total. The zero-order valence-electron chi connectivity index (χ0n) is 18.7. The van der Waals surface area contributed by atoms with Gasteiger partial charge in [0.25, 0.3) is 12.3 Å². The Balaban J connectivity index is 1.48. The van der Waals surface area contributed by atoms with Crippen molar-refractivity contribution >= 4 is 5.91 Å². The van der Waals surface area contributed by atoms with Crippen LogP contribution in [0.4, 0.5) is 13.2 Å². The van der Waals surface area contributed by atoms with Gasteiger partial charge in [-0.05, 0) is 66.9 Å². The number of aromatic nitrogens is 3. The number of phenols is 1. The third-order valence-corrected chi connectivity index (χ3v) is 5.38. The molecule has 4 rings (SSSR count). The molecule has 0 radical (unpaired) electrons. The number of carbonyl (C=O) groups excluding carboxylic acids is 1. The van der Waals surface area contributed by atoms with Crippen LogP contribution in [0.1, 0.15) is 22.5 Å². The van der Waals surface area contributed by atoms with Crippen LogP contribution in [0.15, 0.2) is 73.1 Å². The number of aromatic hydroxyl groups is 1. The van der Waals surface area contributed by atoms with Gasteiger partial charge in [-0.3, -0.25) is 14.5 Å². The maximum atomic E-state index is 13.4. The first-order valence-electron chi connectivity index (χ1n) is 11.0. The normalized spacial score (nSPS) is 11.1. The van der Waals surface area contributed by atoms with Gasteiger partial charge in [-0.1, -0.05) is 12.1 Å². The Kier molecular flexibility index (Phi) is 7.45. The van der Waals surface area contributed by atoms with E-state index in [-0.39, 0.29) is 17.2 Å². The number of nitrogens with zero attached hydrogens (tertiary/aromatic N) is 3. The lowest BCUT2D eigenvalue weighted by molar-refractivity contribution is 0.0950. The first-order chi connectivity index (χ1) is 16.9. The largest absolute Gasteiger partial charge is 0.507 e. The molecule has 0 unspecified atom stereocenters. The molecule has 180 valence electrons. The molecule has 0 fully saturated rings. The molecule has 2 heterocycles. The number of hydrogen-bond donors (Lipinski definition) is 2. The smallest absolute Gasteiger partial charge is 0.257 e. The average molecular weight is 480 g/mol. The molecule has 0 aliphatic carbocycles. The molecule has 0 aliphatic heterocycles. The Labute approximate surface area is 200 Å². The molecular weight excluding hydrogens is 457 g/mol. The van der Waals surface area contributed by atoms with Gasteiger partial charge in [0.2, 0.25) is 0 Å². The van der Waals surface area contributed by atoms with Crippen LogP contribution in [0.25, 0.3) is 22.4 Å². The fourth-order valence-corrected chi connectivity index (χ4v) is 3.70. The van der Waals surface area contributed by atoms with E-state index in [2.05, 4.69) is 15.4 Å². The first kappa shape index (κ1) is 24.0. The minimum Gasteiger partial charge on any atom is -0.507 e. The third kappa shape index (κ3) is 6.06. The van der Waals surface area contributed by atoms with Crippen molar-refractivity contribution in [3.8, 4) is 28.1 Å². The van der Waals surface area contributed by atoms with Crippen molar-refractivity contribution in [2.75, 3.05) is 6.54 Å². The highest BCUT2D eigenvalue weighted by molar-refractivity contribution is 5.96. The van der Waals surface area contributed by atoms with Crippen molar-refractivity contribution in [2.24, 2.45) is 0 Å². The number of amides is 1. The molecule has 0 spiro atoms. The van der Waals surface area contributed by atoms with Crippen LogP contribution in [0, 0.1) is 5.82 Å². The number of benzene rings is 2. The number of aryl methyl sites for hydroxylation is 1. The summed E-state index contributed by atoms with van der Waals surface area (Å²) >= 11 is 0. The standard InChI is InChI=1S/C26H23F3N4O2/c27-19-9-7-17(8-10-19)25-22(15-33(32-25)16-24(28)29)18-11-13-30-20(14-18)4-3-12-31-26(35)21-5-1-2-6-23(21)34/h1-2,5-11,13-15,24,34H,3-4,12,16H2,(H,31,35). The van der Waals surface area contributed by atoms with Crippen LogP contribution in [0.2, 0.25) is 0 Å². The molecule has 0 bridgehead atoms. The first-order valence-corrected chi connectivity index (χ1v) is 11.0. The lowest BCUT2D eigenvalue weighted by Gasteiger charge is -2.08. The van der Waals surface area contributed by atoms with Crippen molar-refractivity contribution in [1.29, 1.82) is 0 Å². The number of rotatable bonds is 9. The summed E-state index contributed by atoms with van der Waals surface area (Å²) in [5.41, 5.74) is 3.42. The highest BCUT2D eigenvalue weighted by atomic mass is 19.3. The Bertz CT molecular complexity index is 1310. The van der Waals surface area contributed by atoms with Crippen molar-refractivity contribution in [3.63, 3.8) is 0 Å². The molecular formula is C26H23F3N4O2. The van der Waals surface area contributed by atoms with Gasteiger partial charge in [-0.25, -0.2) is 13.2 Å². The zero-order chi connectivity index (χ0) is 24.8. The van der Waals surface area contributed by atoms with E-state index in [1.54, 1.807) is 48.8 Å². The average Bonchev–Trinajstić information content (AvgIpc) is 3.26. The number of carbonyl (C=O) groups is 1. The maximum absolute atomic E-state index is 13.4. The lowest BCUT2D eigenvalue weighted by Crippen LogP contribution is -2.24. The lowest BCUT2D eigenvalue weighted by atomic mass is 10.0. The topological polar surface area (TPSA) is 80.0 Å². The van der Waals surface area contributed by atoms with Gasteiger partial charge in [0, 0.05) is 35.8 Å². The molecule has 6 nitrogen and oxygen atoms in total. The predicted octanol–water partition coefficient (Wildman–Crippen LogP) is 5.08. The van der Waals surface area contributed by atoms with Gasteiger partial charge in [0.1, 0.15) is 23.8 Å². The Morgan fingerprint density at radius 3 is 2.57 bits per heavy atom. The van der Waals surface area contributed by atoms with Gasteiger partial charge < -0.3 is 10.4 Å². The van der Waals surface area contributed by atoms with E-state index in [4.69, 9.17) is 0 Å². The molecule has 1 amide bonds. The summed E-state index contributed by atoms with van der Waals surface area (Å²) in [6.45, 7) is -0.172. The van der Waals surface area contributed by atoms with Crippen molar-refractivity contribution in [2.45, 2.75) is 25.8 Å². The molecule has 0 saturated heterocycles. The molecule has 2 aromatic carbocycles.